The van der Waals surface area contributed by atoms with E-state index in [0.717, 1.165) is 19.5 Å². The molecular formula is C15H23N3O. The normalized spacial score (nSPS) is 19.0. The molecule has 0 radical (unpaired) electrons. The van der Waals surface area contributed by atoms with Crippen molar-refractivity contribution in [3.8, 4) is 0 Å². The van der Waals surface area contributed by atoms with Gasteiger partial charge in [-0.15, -0.1) is 0 Å². The standard InChI is InChI=1S/C15H23N3O/c1-17(2)15(19)8-10-18-9-7-12-5-3-4-6-13(12)14(18)11-16/h3-6,14H,7-11,16H2,1-2H3. The van der Waals surface area contributed by atoms with Crippen LogP contribution in [-0.4, -0.2) is 49.4 Å². The van der Waals surface area contributed by atoms with Gasteiger partial charge in [0.25, 0.3) is 0 Å². The van der Waals surface area contributed by atoms with Crippen LogP contribution in [0, 0.1) is 0 Å². The Morgan fingerprint density at radius 2 is 2.16 bits per heavy atom. The van der Waals surface area contributed by atoms with Crippen LogP contribution in [0.4, 0.5) is 0 Å². The molecule has 1 aliphatic rings. The minimum atomic E-state index is 0.176. The minimum Gasteiger partial charge on any atom is -0.349 e. The third-order valence-electron chi connectivity index (χ3n) is 3.86. The molecule has 1 aromatic carbocycles. The van der Waals surface area contributed by atoms with E-state index in [1.165, 1.54) is 11.1 Å². The highest BCUT2D eigenvalue weighted by Gasteiger charge is 2.26. The number of fused-ring (bicyclic) bond motifs is 1. The molecule has 19 heavy (non-hydrogen) atoms. The van der Waals surface area contributed by atoms with E-state index < -0.39 is 0 Å². The molecule has 4 nitrogen and oxygen atoms in total. The number of carbonyl (C=O) groups is 1. The number of amides is 1. The second kappa shape index (κ2) is 6.17. The Labute approximate surface area is 115 Å². The van der Waals surface area contributed by atoms with E-state index in [2.05, 4.69) is 29.2 Å². The Hall–Kier alpha value is -1.39. The lowest BCUT2D eigenvalue weighted by Gasteiger charge is -2.36. The van der Waals surface area contributed by atoms with Gasteiger partial charge in [0, 0.05) is 46.2 Å². The van der Waals surface area contributed by atoms with Crippen LogP contribution in [-0.2, 0) is 11.2 Å². The molecule has 2 rings (SSSR count). The Bertz CT molecular complexity index is 445. The molecule has 2 N–H and O–H groups in total. The van der Waals surface area contributed by atoms with Crippen molar-refractivity contribution in [2.75, 3.05) is 33.7 Å². The fraction of sp³-hybridized carbons (Fsp3) is 0.533. The van der Waals surface area contributed by atoms with Gasteiger partial charge in [-0.25, -0.2) is 0 Å². The van der Waals surface area contributed by atoms with Crippen LogP contribution in [0.5, 0.6) is 0 Å². The zero-order valence-electron chi connectivity index (χ0n) is 11.8. The molecule has 1 aromatic rings. The number of nitrogens with two attached hydrogens (primary N) is 1. The monoisotopic (exact) mass is 261 g/mol. The summed E-state index contributed by atoms with van der Waals surface area (Å²) >= 11 is 0. The average Bonchev–Trinajstić information content (AvgIpc) is 2.43. The van der Waals surface area contributed by atoms with Gasteiger partial charge >= 0.3 is 0 Å². The summed E-state index contributed by atoms with van der Waals surface area (Å²) in [5.41, 5.74) is 8.66. The number of nitrogens with zero attached hydrogens (tertiary/aromatic N) is 2. The lowest BCUT2D eigenvalue weighted by Crippen LogP contribution is -2.41. The van der Waals surface area contributed by atoms with Crippen molar-refractivity contribution >= 4 is 5.91 Å². The Kier molecular flexibility index (Phi) is 4.56. The van der Waals surface area contributed by atoms with E-state index in [1.807, 2.05) is 0 Å². The van der Waals surface area contributed by atoms with Gasteiger partial charge in [0.15, 0.2) is 0 Å². The van der Waals surface area contributed by atoms with Gasteiger partial charge in [0.2, 0.25) is 5.91 Å². The van der Waals surface area contributed by atoms with Gasteiger partial charge < -0.3 is 10.6 Å². The maximum absolute atomic E-state index is 11.7. The highest BCUT2D eigenvalue weighted by atomic mass is 16.2. The average molecular weight is 261 g/mol. The summed E-state index contributed by atoms with van der Waals surface area (Å²) in [5, 5.41) is 0. The minimum absolute atomic E-state index is 0.176. The van der Waals surface area contributed by atoms with Gasteiger partial charge in [-0.1, -0.05) is 24.3 Å². The number of benzene rings is 1. The molecule has 0 aliphatic carbocycles. The Morgan fingerprint density at radius 3 is 2.84 bits per heavy atom. The molecule has 1 heterocycles. The molecule has 104 valence electrons. The number of hydrogen-bond acceptors (Lipinski definition) is 3. The van der Waals surface area contributed by atoms with Crippen LogP contribution >= 0.6 is 0 Å². The molecule has 0 saturated carbocycles. The summed E-state index contributed by atoms with van der Waals surface area (Å²) in [7, 11) is 3.60. The predicted octanol–water partition coefficient (Wildman–Crippen LogP) is 1.02. The zero-order valence-corrected chi connectivity index (χ0v) is 11.8. The van der Waals surface area contributed by atoms with Gasteiger partial charge in [-0.05, 0) is 17.5 Å². The van der Waals surface area contributed by atoms with Crippen LogP contribution in [0.1, 0.15) is 23.6 Å². The fourth-order valence-corrected chi connectivity index (χ4v) is 2.71. The third kappa shape index (κ3) is 3.14. The molecule has 0 aromatic heterocycles. The topological polar surface area (TPSA) is 49.6 Å². The number of hydrogen-bond donors (Lipinski definition) is 1. The third-order valence-corrected chi connectivity index (χ3v) is 3.86. The summed E-state index contributed by atoms with van der Waals surface area (Å²) in [6, 6.07) is 8.74. The lowest BCUT2D eigenvalue weighted by molar-refractivity contribution is -0.129. The van der Waals surface area contributed by atoms with Crippen LogP contribution in [0.3, 0.4) is 0 Å². The molecule has 0 saturated heterocycles. The van der Waals surface area contributed by atoms with Crippen molar-refractivity contribution < 1.29 is 4.79 Å². The summed E-state index contributed by atoms with van der Waals surface area (Å²) in [5.74, 6) is 0.176. The van der Waals surface area contributed by atoms with E-state index in [0.29, 0.717) is 13.0 Å². The highest BCUT2D eigenvalue weighted by molar-refractivity contribution is 5.75. The van der Waals surface area contributed by atoms with E-state index in [1.54, 1.807) is 19.0 Å². The molecule has 1 unspecified atom stereocenters. The summed E-state index contributed by atoms with van der Waals surface area (Å²) in [6.45, 7) is 2.37. The summed E-state index contributed by atoms with van der Waals surface area (Å²) in [4.78, 5) is 15.7. The van der Waals surface area contributed by atoms with Crippen molar-refractivity contribution in [3.05, 3.63) is 35.4 Å². The Morgan fingerprint density at radius 1 is 1.42 bits per heavy atom. The van der Waals surface area contributed by atoms with Crippen LogP contribution in [0.25, 0.3) is 0 Å². The molecule has 0 bridgehead atoms. The van der Waals surface area contributed by atoms with E-state index in [4.69, 9.17) is 5.73 Å². The van der Waals surface area contributed by atoms with Crippen LogP contribution in [0.2, 0.25) is 0 Å². The Balaban J connectivity index is 2.05. The smallest absolute Gasteiger partial charge is 0.223 e. The first-order chi connectivity index (χ1) is 9.13. The number of carbonyl (C=O) groups excluding carboxylic acids is 1. The van der Waals surface area contributed by atoms with Crippen molar-refractivity contribution in [2.45, 2.75) is 18.9 Å². The maximum atomic E-state index is 11.7. The zero-order chi connectivity index (χ0) is 13.8. The molecule has 0 spiro atoms. The van der Waals surface area contributed by atoms with Gasteiger partial charge in [0.1, 0.15) is 0 Å². The van der Waals surface area contributed by atoms with Crippen molar-refractivity contribution in [1.82, 2.24) is 9.80 Å². The highest BCUT2D eigenvalue weighted by Crippen LogP contribution is 2.28. The second-order valence-electron chi connectivity index (χ2n) is 5.27. The van der Waals surface area contributed by atoms with E-state index in [9.17, 15) is 4.79 Å². The van der Waals surface area contributed by atoms with Gasteiger partial charge in [0.05, 0.1) is 0 Å². The quantitative estimate of drug-likeness (QED) is 0.880. The first kappa shape index (κ1) is 14.0. The largest absolute Gasteiger partial charge is 0.349 e. The molecule has 1 aliphatic heterocycles. The van der Waals surface area contributed by atoms with Gasteiger partial charge in [-0.2, -0.15) is 0 Å². The van der Waals surface area contributed by atoms with Gasteiger partial charge in [-0.3, -0.25) is 9.69 Å². The molecule has 4 heteroatoms. The first-order valence-corrected chi connectivity index (χ1v) is 6.85. The van der Waals surface area contributed by atoms with E-state index in [-0.39, 0.29) is 11.9 Å². The van der Waals surface area contributed by atoms with Crippen molar-refractivity contribution in [1.29, 1.82) is 0 Å². The van der Waals surface area contributed by atoms with Crippen LogP contribution < -0.4 is 5.73 Å². The van der Waals surface area contributed by atoms with Crippen molar-refractivity contribution in [2.24, 2.45) is 5.73 Å². The molecule has 1 atom stereocenters. The summed E-state index contributed by atoms with van der Waals surface area (Å²) in [6.07, 6.45) is 1.61. The van der Waals surface area contributed by atoms with Crippen molar-refractivity contribution in [3.63, 3.8) is 0 Å². The second-order valence-corrected chi connectivity index (χ2v) is 5.27. The van der Waals surface area contributed by atoms with E-state index >= 15 is 0 Å². The predicted molar refractivity (Wildman–Crippen MR) is 76.8 cm³/mol. The molecule has 0 fully saturated rings. The SMILES string of the molecule is CN(C)C(=O)CCN1CCc2ccccc2C1CN. The molecular weight excluding hydrogens is 238 g/mol. The fourth-order valence-electron chi connectivity index (χ4n) is 2.71. The summed E-state index contributed by atoms with van der Waals surface area (Å²) < 4.78 is 0. The lowest BCUT2D eigenvalue weighted by atomic mass is 9.92. The maximum Gasteiger partial charge on any atom is 0.223 e. The number of rotatable bonds is 4. The molecule has 1 amide bonds. The van der Waals surface area contributed by atoms with Crippen LogP contribution in [0.15, 0.2) is 24.3 Å². The first-order valence-electron chi connectivity index (χ1n) is 6.85.